The summed E-state index contributed by atoms with van der Waals surface area (Å²) >= 11 is 0. The summed E-state index contributed by atoms with van der Waals surface area (Å²) in [6.45, 7) is 9.44. The van der Waals surface area contributed by atoms with Gasteiger partial charge in [-0.3, -0.25) is 14.8 Å². The number of nitrogens with two attached hydrogens (primary N) is 1. The lowest BCUT2D eigenvalue weighted by Crippen LogP contribution is -2.51. The molecule has 6 heteroatoms. The summed E-state index contributed by atoms with van der Waals surface area (Å²) in [5.74, 6) is 0.769. The van der Waals surface area contributed by atoms with Gasteiger partial charge in [-0.2, -0.15) is 0 Å². The van der Waals surface area contributed by atoms with Crippen molar-refractivity contribution in [3.63, 3.8) is 0 Å². The van der Waals surface area contributed by atoms with Crippen molar-refractivity contribution in [1.29, 1.82) is 0 Å². The van der Waals surface area contributed by atoms with Gasteiger partial charge in [0.25, 0.3) is 0 Å². The van der Waals surface area contributed by atoms with Gasteiger partial charge in [-0.1, -0.05) is 24.3 Å². The number of hydrogen-bond donors (Lipinski definition) is 2. The second-order valence-corrected chi connectivity index (χ2v) is 8.51. The number of rotatable bonds is 7. The average Bonchev–Trinajstić information content (AvgIpc) is 2.78. The molecule has 0 aliphatic carbocycles. The Bertz CT molecular complexity index is 1020. The minimum atomic E-state index is -0.530. The molecule has 4 rings (SSSR count). The summed E-state index contributed by atoms with van der Waals surface area (Å²) in [6, 6.07) is 14.5. The predicted molar refractivity (Wildman–Crippen MR) is 126 cm³/mol. The number of piperazine rings is 1. The zero-order chi connectivity index (χ0) is 21.8. The van der Waals surface area contributed by atoms with Crippen molar-refractivity contribution < 1.29 is 9.84 Å². The Balaban J connectivity index is 1.44. The van der Waals surface area contributed by atoms with Gasteiger partial charge in [0.2, 0.25) is 0 Å². The highest BCUT2D eigenvalue weighted by Gasteiger charge is 2.21. The molecule has 1 aliphatic rings. The monoisotopic (exact) mass is 420 g/mol. The summed E-state index contributed by atoms with van der Waals surface area (Å²) < 4.78 is 6.07. The van der Waals surface area contributed by atoms with E-state index in [4.69, 9.17) is 10.5 Å². The van der Waals surface area contributed by atoms with E-state index in [0.717, 1.165) is 53.8 Å². The molecule has 164 valence electrons. The number of aliphatic hydroxyl groups excluding tert-OH is 1. The minimum Gasteiger partial charge on any atom is -0.490 e. The molecule has 0 saturated carbocycles. The molecule has 0 bridgehead atoms. The number of fused-ring (bicyclic) bond motifs is 1. The van der Waals surface area contributed by atoms with E-state index in [1.807, 2.05) is 36.4 Å². The van der Waals surface area contributed by atoms with E-state index in [0.29, 0.717) is 18.3 Å². The second-order valence-electron chi connectivity index (χ2n) is 8.51. The average molecular weight is 421 g/mol. The van der Waals surface area contributed by atoms with Gasteiger partial charge in [0.05, 0.1) is 0 Å². The first kappa shape index (κ1) is 21.6. The summed E-state index contributed by atoms with van der Waals surface area (Å²) in [4.78, 5) is 9.02. The quantitative estimate of drug-likeness (QED) is 0.611. The Hall–Kier alpha value is -2.67. The van der Waals surface area contributed by atoms with Gasteiger partial charge in [0.15, 0.2) is 0 Å². The number of β-amino-alcohol motifs (C(OH)–C–C–N with tert-alkyl or cyclic N) is 1. The molecule has 3 aromatic rings. The highest BCUT2D eigenvalue weighted by molar-refractivity contribution is 6.01. The van der Waals surface area contributed by atoms with Crippen molar-refractivity contribution in [2.45, 2.75) is 26.0 Å². The van der Waals surface area contributed by atoms with Crippen LogP contribution in [0.3, 0.4) is 0 Å². The molecule has 31 heavy (non-hydrogen) atoms. The topological polar surface area (TPSA) is 74.8 Å². The van der Waals surface area contributed by atoms with Crippen LogP contribution in [0.5, 0.6) is 5.75 Å². The molecule has 0 spiro atoms. The number of hydrogen-bond acceptors (Lipinski definition) is 6. The van der Waals surface area contributed by atoms with E-state index in [9.17, 15) is 5.11 Å². The van der Waals surface area contributed by atoms with Crippen molar-refractivity contribution in [1.82, 2.24) is 14.8 Å². The molecule has 2 aromatic carbocycles. The third-order valence-corrected chi connectivity index (χ3v) is 6.07. The largest absolute Gasteiger partial charge is 0.490 e. The predicted octanol–water partition coefficient (Wildman–Crippen LogP) is 3.25. The number of ether oxygens (including phenoxy) is 1. The smallest absolute Gasteiger partial charge is 0.127 e. The lowest BCUT2D eigenvalue weighted by atomic mass is 9.98. The SMILES string of the molecule is CC(C)N1CCN(CC(O)COc2ccc(-c3cnccc3N)c3ccccc23)CC1. The number of benzene rings is 2. The van der Waals surface area contributed by atoms with Crippen LogP contribution in [0.15, 0.2) is 54.9 Å². The molecular weight excluding hydrogens is 388 g/mol. The van der Waals surface area contributed by atoms with Crippen molar-refractivity contribution in [2.24, 2.45) is 0 Å². The highest BCUT2D eigenvalue weighted by Crippen LogP contribution is 2.36. The first-order valence-electron chi connectivity index (χ1n) is 11.0. The van der Waals surface area contributed by atoms with E-state index in [-0.39, 0.29) is 6.61 Å². The lowest BCUT2D eigenvalue weighted by Gasteiger charge is -2.37. The van der Waals surface area contributed by atoms with Gasteiger partial charge in [-0.25, -0.2) is 0 Å². The summed E-state index contributed by atoms with van der Waals surface area (Å²) in [7, 11) is 0. The van der Waals surface area contributed by atoms with E-state index >= 15 is 0 Å². The number of nitrogen functional groups attached to an aromatic ring is 1. The Labute approximate surface area is 184 Å². The Morgan fingerprint density at radius 3 is 2.45 bits per heavy atom. The van der Waals surface area contributed by atoms with Crippen LogP contribution in [0.4, 0.5) is 5.69 Å². The Morgan fingerprint density at radius 2 is 1.74 bits per heavy atom. The van der Waals surface area contributed by atoms with Crippen molar-refractivity contribution in [3.8, 4) is 16.9 Å². The van der Waals surface area contributed by atoms with Gasteiger partial charge < -0.3 is 15.6 Å². The van der Waals surface area contributed by atoms with Crippen LogP contribution in [-0.4, -0.2) is 71.4 Å². The van der Waals surface area contributed by atoms with Crippen LogP contribution < -0.4 is 10.5 Å². The normalized spacial score (nSPS) is 16.6. The highest BCUT2D eigenvalue weighted by atomic mass is 16.5. The van der Waals surface area contributed by atoms with Crippen LogP contribution in [0.2, 0.25) is 0 Å². The van der Waals surface area contributed by atoms with E-state index in [1.165, 1.54) is 0 Å². The first-order chi connectivity index (χ1) is 15.0. The van der Waals surface area contributed by atoms with Crippen molar-refractivity contribution in [3.05, 3.63) is 54.9 Å². The molecule has 1 aliphatic heterocycles. The number of nitrogens with zero attached hydrogens (tertiary/aromatic N) is 3. The fourth-order valence-electron chi connectivity index (χ4n) is 4.26. The molecule has 6 nitrogen and oxygen atoms in total. The molecule has 1 unspecified atom stereocenters. The molecule has 2 heterocycles. The third kappa shape index (κ3) is 4.98. The molecule has 0 radical (unpaired) electrons. The van der Waals surface area contributed by atoms with Crippen LogP contribution in [-0.2, 0) is 0 Å². The molecular formula is C25H32N4O2. The zero-order valence-electron chi connectivity index (χ0n) is 18.4. The van der Waals surface area contributed by atoms with Gasteiger partial charge in [0.1, 0.15) is 18.5 Å². The third-order valence-electron chi connectivity index (χ3n) is 6.07. The maximum Gasteiger partial charge on any atom is 0.127 e. The molecule has 1 saturated heterocycles. The van der Waals surface area contributed by atoms with E-state index < -0.39 is 6.10 Å². The van der Waals surface area contributed by atoms with Crippen molar-refractivity contribution >= 4 is 16.5 Å². The standard InChI is InChI=1S/C25H32N4O2/c1-18(2)29-13-11-28(12-14-29)16-19(30)17-31-25-8-7-21(20-5-3-4-6-22(20)25)23-15-27-10-9-24(23)26/h3-10,15,18-19,30H,11-14,16-17H2,1-2H3,(H2,26,27). The molecule has 0 amide bonds. The number of pyridine rings is 1. The molecule has 1 fully saturated rings. The number of anilines is 1. The van der Waals surface area contributed by atoms with E-state index in [1.54, 1.807) is 12.4 Å². The lowest BCUT2D eigenvalue weighted by molar-refractivity contribution is 0.0403. The molecule has 3 N–H and O–H groups in total. The summed E-state index contributed by atoms with van der Waals surface area (Å²) in [6.07, 6.45) is 2.96. The van der Waals surface area contributed by atoms with Crippen LogP contribution in [0.25, 0.3) is 21.9 Å². The fraction of sp³-hybridized carbons (Fsp3) is 0.400. The van der Waals surface area contributed by atoms with Crippen LogP contribution in [0.1, 0.15) is 13.8 Å². The fourth-order valence-corrected chi connectivity index (χ4v) is 4.26. The Kier molecular flexibility index (Phi) is 6.70. The van der Waals surface area contributed by atoms with Gasteiger partial charge in [-0.15, -0.1) is 0 Å². The second kappa shape index (κ2) is 9.64. The zero-order valence-corrected chi connectivity index (χ0v) is 18.4. The first-order valence-corrected chi connectivity index (χ1v) is 11.0. The van der Waals surface area contributed by atoms with Gasteiger partial charge in [-0.05, 0) is 43.0 Å². The van der Waals surface area contributed by atoms with Crippen LogP contribution >= 0.6 is 0 Å². The van der Waals surface area contributed by atoms with Crippen molar-refractivity contribution in [2.75, 3.05) is 45.1 Å². The minimum absolute atomic E-state index is 0.267. The number of aromatic nitrogens is 1. The summed E-state index contributed by atoms with van der Waals surface area (Å²) in [5, 5.41) is 12.6. The molecule has 1 atom stereocenters. The molecule has 1 aromatic heterocycles. The van der Waals surface area contributed by atoms with E-state index in [2.05, 4.69) is 34.7 Å². The maximum atomic E-state index is 10.6. The number of aliphatic hydroxyl groups is 1. The van der Waals surface area contributed by atoms with Gasteiger partial charge in [0, 0.05) is 67.8 Å². The maximum absolute atomic E-state index is 10.6. The van der Waals surface area contributed by atoms with Crippen LogP contribution in [0, 0.1) is 0 Å². The van der Waals surface area contributed by atoms with Gasteiger partial charge >= 0.3 is 0 Å². The summed E-state index contributed by atoms with van der Waals surface area (Å²) in [5.41, 5.74) is 8.81. The Morgan fingerprint density at radius 1 is 1.00 bits per heavy atom.